The fourth-order valence-corrected chi connectivity index (χ4v) is 3.08. The third-order valence-electron chi connectivity index (χ3n) is 3.87. The maximum atomic E-state index is 11.0. The molecule has 0 aromatic heterocycles. The Hall–Kier alpha value is -1.95. The van der Waals surface area contributed by atoms with Gasteiger partial charge in [-0.2, -0.15) is 0 Å². The Bertz CT molecular complexity index is 475. The van der Waals surface area contributed by atoms with Crippen LogP contribution >= 0.6 is 0 Å². The molecule has 19 heavy (non-hydrogen) atoms. The summed E-state index contributed by atoms with van der Waals surface area (Å²) in [7, 11) is 0. The van der Waals surface area contributed by atoms with E-state index >= 15 is 0 Å². The summed E-state index contributed by atoms with van der Waals surface area (Å²) in [6.07, 6.45) is 8.18. The van der Waals surface area contributed by atoms with Crippen LogP contribution in [0.5, 0.6) is 0 Å². The predicted octanol–water partition coefficient (Wildman–Crippen LogP) is 3.80. The van der Waals surface area contributed by atoms with Gasteiger partial charge in [-0.1, -0.05) is 36.8 Å². The second-order valence-corrected chi connectivity index (χ2v) is 5.02. The van der Waals surface area contributed by atoms with Gasteiger partial charge in [0.1, 0.15) is 5.60 Å². The third-order valence-corrected chi connectivity index (χ3v) is 3.87. The number of carboxylic acid groups (broad SMARTS) is 1. The lowest BCUT2D eigenvalue weighted by atomic mass is 9.70. The average Bonchev–Trinajstić information content (AvgIpc) is 2.39. The van der Waals surface area contributed by atoms with Crippen LogP contribution < -0.4 is 0 Å². The number of ether oxygens (including phenoxy) is 1. The zero-order valence-corrected chi connectivity index (χ0v) is 10.8. The maximum absolute atomic E-state index is 11.0. The van der Waals surface area contributed by atoms with Gasteiger partial charge in [-0.15, -0.1) is 12.3 Å². The van der Waals surface area contributed by atoms with Crippen molar-refractivity contribution in [1.82, 2.24) is 0 Å². The van der Waals surface area contributed by atoms with E-state index in [1.54, 1.807) is 0 Å². The minimum atomic E-state index is -1.24. The highest BCUT2D eigenvalue weighted by Gasteiger charge is 2.44. The molecule has 1 aromatic rings. The molecule has 1 fully saturated rings. The molecule has 1 aromatic carbocycles. The zero-order valence-electron chi connectivity index (χ0n) is 10.8. The minimum Gasteiger partial charge on any atom is -0.450 e. The first-order valence-corrected chi connectivity index (χ1v) is 6.58. The number of hydrogen-bond acceptors (Lipinski definition) is 2. The van der Waals surface area contributed by atoms with Crippen LogP contribution in [0.4, 0.5) is 4.79 Å². The summed E-state index contributed by atoms with van der Waals surface area (Å²) in [6.45, 7) is 0. The summed E-state index contributed by atoms with van der Waals surface area (Å²) in [5, 5.41) is 9.03. The van der Waals surface area contributed by atoms with Crippen molar-refractivity contribution < 1.29 is 14.6 Å². The number of terminal acetylenes is 1. The monoisotopic (exact) mass is 258 g/mol. The number of carbonyl (C=O) groups is 1. The molecule has 0 radical (unpaired) electrons. The summed E-state index contributed by atoms with van der Waals surface area (Å²) in [5.41, 5.74) is 0.346. The van der Waals surface area contributed by atoms with E-state index in [1.165, 1.54) is 0 Å². The Morgan fingerprint density at radius 3 is 2.79 bits per heavy atom. The Morgan fingerprint density at radius 1 is 1.42 bits per heavy atom. The zero-order chi connectivity index (χ0) is 13.7. The summed E-state index contributed by atoms with van der Waals surface area (Å²) in [6, 6.07) is 9.92. The quantitative estimate of drug-likeness (QED) is 0.662. The summed E-state index contributed by atoms with van der Waals surface area (Å²) < 4.78 is 5.26. The number of hydrogen-bond donors (Lipinski definition) is 1. The van der Waals surface area contributed by atoms with Crippen LogP contribution in [0.2, 0.25) is 0 Å². The van der Waals surface area contributed by atoms with E-state index in [-0.39, 0.29) is 5.92 Å². The SMILES string of the molecule is C#CCC1(OC(=O)O)CCCCC1c1ccccc1. The highest BCUT2D eigenvalue weighted by Crippen LogP contribution is 2.45. The van der Waals surface area contributed by atoms with Crippen LogP contribution in [0.15, 0.2) is 30.3 Å². The molecule has 0 amide bonds. The van der Waals surface area contributed by atoms with E-state index in [0.717, 1.165) is 24.8 Å². The molecule has 2 rings (SSSR count). The van der Waals surface area contributed by atoms with E-state index in [4.69, 9.17) is 16.3 Å². The fourth-order valence-electron chi connectivity index (χ4n) is 3.08. The molecule has 0 aliphatic heterocycles. The van der Waals surface area contributed by atoms with Crippen molar-refractivity contribution >= 4 is 6.16 Å². The first kappa shape index (κ1) is 13.5. The molecule has 3 nitrogen and oxygen atoms in total. The highest BCUT2D eigenvalue weighted by atomic mass is 16.7. The Labute approximate surface area is 113 Å². The van der Waals surface area contributed by atoms with Crippen LogP contribution in [0, 0.1) is 12.3 Å². The van der Waals surface area contributed by atoms with Gasteiger partial charge in [-0.3, -0.25) is 0 Å². The van der Waals surface area contributed by atoms with Crippen molar-refractivity contribution in [2.75, 3.05) is 0 Å². The van der Waals surface area contributed by atoms with Crippen LogP contribution in [0.25, 0.3) is 0 Å². The molecule has 1 aliphatic carbocycles. The first-order chi connectivity index (χ1) is 9.18. The summed E-state index contributed by atoms with van der Waals surface area (Å²) in [5.74, 6) is 2.65. The lowest BCUT2D eigenvalue weighted by Crippen LogP contribution is -2.43. The lowest BCUT2D eigenvalue weighted by molar-refractivity contribution is -0.0526. The van der Waals surface area contributed by atoms with Crippen molar-refractivity contribution in [3.63, 3.8) is 0 Å². The minimum absolute atomic E-state index is 0.0506. The van der Waals surface area contributed by atoms with Gasteiger partial charge >= 0.3 is 6.16 Å². The third kappa shape index (κ3) is 2.90. The second kappa shape index (κ2) is 5.79. The average molecular weight is 258 g/mol. The maximum Gasteiger partial charge on any atom is 0.506 e. The molecule has 1 N–H and O–H groups in total. The molecule has 0 heterocycles. The van der Waals surface area contributed by atoms with Crippen molar-refractivity contribution in [3.8, 4) is 12.3 Å². The Balaban J connectivity index is 2.36. The van der Waals surface area contributed by atoms with Crippen LogP contribution in [0.3, 0.4) is 0 Å². The molecular formula is C16H18O3. The smallest absolute Gasteiger partial charge is 0.450 e. The van der Waals surface area contributed by atoms with Gasteiger partial charge in [-0.05, 0) is 24.8 Å². The van der Waals surface area contributed by atoms with Gasteiger partial charge in [0.05, 0.1) is 0 Å². The van der Waals surface area contributed by atoms with Crippen LogP contribution in [-0.4, -0.2) is 16.9 Å². The van der Waals surface area contributed by atoms with Gasteiger partial charge in [0, 0.05) is 12.3 Å². The lowest BCUT2D eigenvalue weighted by Gasteiger charge is -2.41. The molecule has 0 spiro atoms. The topological polar surface area (TPSA) is 46.5 Å². The van der Waals surface area contributed by atoms with Gasteiger partial charge in [-0.25, -0.2) is 4.79 Å². The Kier molecular flexibility index (Phi) is 4.11. The Morgan fingerprint density at radius 2 is 2.16 bits per heavy atom. The molecular weight excluding hydrogens is 240 g/mol. The molecule has 3 heteroatoms. The summed E-state index contributed by atoms with van der Waals surface area (Å²) >= 11 is 0. The molecule has 100 valence electrons. The number of benzene rings is 1. The fraction of sp³-hybridized carbons (Fsp3) is 0.438. The van der Waals surface area contributed by atoms with E-state index in [9.17, 15) is 4.79 Å². The van der Waals surface area contributed by atoms with Crippen molar-refractivity contribution in [2.45, 2.75) is 43.6 Å². The predicted molar refractivity (Wildman–Crippen MR) is 72.9 cm³/mol. The van der Waals surface area contributed by atoms with E-state index in [0.29, 0.717) is 12.8 Å². The van der Waals surface area contributed by atoms with Crippen LogP contribution in [0.1, 0.15) is 43.6 Å². The molecule has 1 aliphatic rings. The highest BCUT2D eigenvalue weighted by molar-refractivity contribution is 5.58. The molecule has 0 bridgehead atoms. The van der Waals surface area contributed by atoms with Gasteiger partial charge in [0.25, 0.3) is 0 Å². The molecule has 2 atom stereocenters. The van der Waals surface area contributed by atoms with E-state index < -0.39 is 11.8 Å². The largest absolute Gasteiger partial charge is 0.506 e. The van der Waals surface area contributed by atoms with E-state index in [1.807, 2.05) is 30.3 Å². The molecule has 2 unspecified atom stereocenters. The molecule has 0 saturated heterocycles. The summed E-state index contributed by atoms with van der Waals surface area (Å²) in [4.78, 5) is 11.0. The number of rotatable bonds is 3. The van der Waals surface area contributed by atoms with Crippen LogP contribution in [-0.2, 0) is 4.74 Å². The van der Waals surface area contributed by atoms with Gasteiger partial charge < -0.3 is 9.84 Å². The van der Waals surface area contributed by atoms with Gasteiger partial charge in [0.2, 0.25) is 0 Å². The van der Waals surface area contributed by atoms with Crippen molar-refractivity contribution in [2.24, 2.45) is 0 Å². The normalized spacial score (nSPS) is 26.4. The van der Waals surface area contributed by atoms with Crippen molar-refractivity contribution in [1.29, 1.82) is 0 Å². The first-order valence-electron chi connectivity index (χ1n) is 6.58. The van der Waals surface area contributed by atoms with E-state index in [2.05, 4.69) is 5.92 Å². The van der Waals surface area contributed by atoms with Crippen molar-refractivity contribution in [3.05, 3.63) is 35.9 Å². The standard InChI is InChI=1S/C16H18O3/c1-2-11-16(19-15(17)18)12-7-6-10-14(16)13-8-4-3-5-9-13/h1,3-5,8-9,14H,6-7,10-12H2,(H,17,18). The second-order valence-electron chi connectivity index (χ2n) is 5.02. The van der Waals surface area contributed by atoms with Gasteiger partial charge in [0.15, 0.2) is 0 Å². The molecule has 1 saturated carbocycles.